The Bertz CT molecular complexity index is 1290. The fraction of sp³-hybridized carbons (Fsp3) is 0.345. The van der Waals surface area contributed by atoms with E-state index < -0.39 is 0 Å². The van der Waals surface area contributed by atoms with E-state index in [-0.39, 0.29) is 11.6 Å². The summed E-state index contributed by atoms with van der Waals surface area (Å²) in [6.07, 6.45) is 3.53. The average molecular weight is 509 g/mol. The summed E-state index contributed by atoms with van der Waals surface area (Å²) < 4.78 is 13.1. The Kier molecular flexibility index (Phi) is 6.08. The second kappa shape index (κ2) is 9.24. The van der Waals surface area contributed by atoms with E-state index >= 15 is 0 Å². The normalized spacial score (nSPS) is 20.7. The molecule has 35 heavy (non-hydrogen) atoms. The molecule has 1 saturated heterocycles. The molecule has 2 unspecified atom stereocenters. The number of hydrogen-bond acceptors (Lipinski definition) is 3. The van der Waals surface area contributed by atoms with Crippen molar-refractivity contribution >= 4 is 34.7 Å². The van der Waals surface area contributed by atoms with Crippen LogP contribution in [0.1, 0.15) is 46.7 Å². The first-order valence-electron chi connectivity index (χ1n) is 12.4. The van der Waals surface area contributed by atoms with Gasteiger partial charge < -0.3 is 9.80 Å². The second-order valence-electron chi connectivity index (χ2n) is 9.94. The van der Waals surface area contributed by atoms with Crippen LogP contribution in [0.25, 0.3) is 11.1 Å². The van der Waals surface area contributed by atoms with Crippen LogP contribution in [-0.2, 0) is 6.42 Å². The van der Waals surface area contributed by atoms with Gasteiger partial charge in [-0.1, -0.05) is 29.3 Å². The van der Waals surface area contributed by atoms with Gasteiger partial charge in [-0.3, -0.25) is 4.79 Å². The lowest BCUT2D eigenvalue weighted by Crippen LogP contribution is -2.46. The van der Waals surface area contributed by atoms with Gasteiger partial charge in [-0.05, 0) is 91.0 Å². The molecule has 0 aliphatic carbocycles. The molecule has 0 amide bonds. The quantitative estimate of drug-likeness (QED) is 0.335. The number of Topliss-reactive ketones (excluding diaryl/α,β-unsaturated/α-hetero) is 1. The number of anilines is 1. The predicted octanol–water partition coefficient (Wildman–Crippen LogP) is 7.00. The highest BCUT2D eigenvalue weighted by molar-refractivity contribution is 6.36. The van der Waals surface area contributed by atoms with Crippen molar-refractivity contribution in [1.82, 2.24) is 4.90 Å². The third-order valence-electron chi connectivity index (χ3n) is 7.87. The van der Waals surface area contributed by atoms with Gasteiger partial charge in [-0.2, -0.15) is 0 Å². The van der Waals surface area contributed by atoms with Gasteiger partial charge in [0.25, 0.3) is 0 Å². The van der Waals surface area contributed by atoms with E-state index in [1.165, 1.54) is 34.5 Å². The highest BCUT2D eigenvalue weighted by atomic mass is 35.5. The molecule has 180 valence electrons. The van der Waals surface area contributed by atoms with Gasteiger partial charge in [0.15, 0.2) is 5.78 Å². The lowest BCUT2D eigenvalue weighted by atomic mass is 9.86. The first-order valence-corrected chi connectivity index (χ1v) is 13.1. The van der Waals surface area contributed by atoms with Crippen LogP contribution in [0.4, 0.5) is 10.1 Å². The average Bonchev–Trinajstić information content (AvgIpc) is 3.41. The molecule has 0 spiro atoms. The van der Waals surface area contributed by atoms with Crippen molar-refractivity contribution in [3.05, 3.63) is 87.2 Å². The largest absolute Gasteiger partial charge is 0.367 e. The first kappa shape index (κ1) is 23.0. The van der Waals surface area contributed by atoms with Crippen molar-refractivity contribution in [3.63, 3.8) is 0 Å². The van der Waals surface area contributed by atoms with Gasteiger partial charge in [0.1, 0.15) is 5.82 Å². The van der Waals surface area contributed by atoms with Crippen molar-refractivity contribution in [2.24, 2.45) is 0 Å². The molecule has 3 aliphatic rings. The maximum absolute atomic E-state index is 13.1. The van der Waals surface area contributed by atoms with Gasteiger partial charge in [-0.15, -0.1) is 0 Å². The van der Waals surface area contributed by atoms with Crippen molar-refractivity contribution < 1.29 is 9.18 Å². The number of rotatable bonds is 6. The van der Waals surface area contributed by atoms with Crippen LogP contribution in [0.2, 0.25) is 10.0 Å². The summed E-state index contributed by atoms with van der Waals surface area (Å²) >= 11 is 12.7. The van der Waals surface area contributed by atoms with Crippen molar-refractivity contribution in [1.29, 1.82) is 0 Å². The molecule has 1 fully saturated rings. The van der Waals surface area contributed by atoms with Crippen LogP contribution < -0.4 is 4.90 Å². The van der Waals surface area contributed by atoms with E-state index in [0.29, 0.717) is 34.0 Å². The molecule has 0 radical (unpaired) electrons. The van der Waals surface area contributed by atoms with Gasteiger partial charge in [0.2, 0.25) is 0 Å². The van der Waals surface area contributed by atoms with E-state index in [1.807, 2.05) is 18.2 Å². The molecule has 6 heteroatoms. The van der Waals surface area contributed by atoms with E-state index in [2.05, 4.69) is 21.9 Å². The summed E-state index contributed by atoms with van der Waals surface area (Å²) in [5, 5.41) is 1.33. The van der Waals surface area contributed by atoms with Crippen molar-refractivity contribution in [3.8, 4) is 11.1 Å². The summed E-state index contributed by atoms with van der Waals surface area (Å²) in [6, 6.07) is 16.8. The van der Waals surface area contributed by atoms with Crippen LogP contribution in [0.15, 0.2) is 54.6 Å². The van der Waals surface area contributed by atoms with Gasteiger partial charge in [-0.25, -0.2) is 4.39 Å². The fourth-order valence-electron chi connectivity index (χ4n) is 6.24. The molecule has 0 N–H and O–H groups in total. The fourth-order valence-corrected chi connectivity index (χ4v) is 6.76. The third kappa shape index (κ3) is 4.26. The number of carbonyl (C=O) groups excluding carboxylic acids is 1. The van der Waals surface area contributed by atoms with Gasteiger partial charge in [0.05, 0.1) is 0 Å². The number of ketones is 1. The minimum Gasteiger partial charge on any atom is -0.367 e. The number of piperidine rings is 1. The Morgan fingerprint density at radius 1 is 1.03 bits per heavy atom. The Balaban J connectivity index is 1.18. The molecule has 3 aromatic rings. The Labute approximate surface area is 215 Å². The topological polar surface area (TPSA) is 23.6 Å². The number of nitrogens with zero attached hydrogens (tertiary/aromatic N) is 2. The molecule has 3 nitrogen and oxygen atoms in total. The number of benzene rings is 3. The predicted molar refractivity (Wildman–Crippen MR) is 140 cm³/mol. The van der Waals surface area contributed by atoms with Crippen molar-refractivity contribution in [2.45, 2.75) is 37.6 Å². The molecule has 0 bridgehead atoms. The van der Waals surface area contributed by atoms with Crippen LogP contribution >= 0.6 is 23.2 Å². The zero-order valence-corrected chi connectivity index (χ0v) is 21.0. The SMILES string of the molecule is O=C(CCCN1CCC2C(C1)c1cc(-c3ccc(Cl)cc3Cl)cc3c1N2CC3)c1ccc(F)cc1. The standard InChI is InChI=1S/C29H27Cl2FN2O/c30-21-5-8-23(26(31)16-21)20-14-19-9-13-34-27-10-12-33(17-25(27)24(15-20)29(19)34)11-1-2-28(35)18-3-6-22(32)7-4-18/h3-8,14-16,25,27H,1-2,9-13,17H2. The molecule has 6 rings (SSSR count). The summed E-state index contributed by atoms with van der Waals surface area (Å²) in [7, 11) is 0. The minimum absolute atomic E-state index is 0.0841. The molecular formula is C29H27Cl2FN2O. The smallest absolute Gasteiger partial charge is 0.162 e. The Hall–Kier alpha value is -2.40. The van der Waals surface area contributed by atoms with E-state index in [1.54, 1.807) is 12.1 Å². The maximum atomic E-state index is 13.1. The lowest BCUT2D eigenvalue weighted by molar-refractivity contribution is 0.0971. The molecule has 3 aromatic carbocycles. The van der Waals surface area contributed by atoms with Crippen LogP contribution in [-0.4, -0.2) is 42.9 Å². The number of likely N-dealkylation sites (tertiary alicyclic amines) is 1. The monoisotopic (exact) mass is 508 g/mol. The lowest BCUT2D eigenvalue weighted by Gasteiger charge is -2.38. The van der Waals surface area contributed by atoms with E-state index in [9.17, 15) is 9.18 Å². The number of carbonyl (C=O) groups is 1. The number of halogens is 3. The van der Waals surface area contributed by atoms with E-state index in [0.717, 1.165) is 51.0 Å². The molecule has 2 atom stereocenters. The maximum Gasteiger partial charge on any atom is 0.162 e. The Morgan fingerprint density at radius 3 is 2.66 bits per heavy atom. The number of hydrogen-bond donors (Lipinski definition) is 0. The number of fused-ring (bicyclic) bond motifs is 3. The summed E-state index contributed by atoms with van der Waals surface area (Å²) in [5.74, 6) is 0.241. The highest BCUT2D eigenvalue weighted by Gasteiger charge is 2.45. The molecular weight excluding hydrogens is 482 g/mol. The molecule has 0 aromatic heterocycles. The minimum atomic E-state index is -0.312. The van der Waals surface area contributed by atoms with E-state index in [4.69, 9.17) is 23.2 Å². The van der Waals surface area contributed by atoms with Crippen LogP contribution in [0.3, 0.4) is 0 Å². The van der Waals surface area contributed by atoms with Gasteiger partial charge >= 0.3 is 0 Å². The van der Waals surface area contributed by atoms with Crippen LogP contribution in [0, 0.1) is 5.82 Å². The molecule has 3 heterocycles. The molecule has 0 saturated carbocycles. The molecule has 3 aliphatic heterocycles. The highest BCUT2D eigenvalue weighted by Crippen LogP contribution is 2.51. The Morgan fingerprint density at radius 2 is 1.86 bits per heavy atom. The van der Waals surface area contributed by atoms with Gasteiger partial charge in [0, 0.05) is 64.9 Å². The summed E-state index contributed by atoms with van der Waals surface area (Å²) in [4.78, 5) is 17.6. The summed E-state index contributed by atoms with van der Waals surface area (Å²) in [6.45, 7) is 4.06. The third-order valence-corrected chi connectivity index (χ3v) is 8.42. The zero-order chi connectivity index (χ0) is 24.1. The first-order chi connectivity index (χ1) is 17.0. The summed E-state index contributed by atoms with van der Waals surface area (Å²) in [5.41, 5.74) is 7.11. The second-order valence-corrected chi connectivity index (χ2v) is 10.8. The van der Waals surface area contributed by atoms with Crippen LogP contribution in [0.5, 0.6) is 0 Å². The van der Waals surface area contributed by atoms with Crippen molar-refractivity contribution in [2.75, 3.05) is 31.1 Å². The zero-order valence-electron chi connectivity index (χ0n) is 19.4.